The van der Waals surface area contributed by atoms with Crippen molar-refractivity contribution in [3.63, 3.8) is 0 Å². The average molecular weight is 374 g/mol. The van der Waals surface area contributed by atoms with Gasteiger partial charge in [0.1, 0.15) is 11.8 Å². The summed E-state index contributed by atoms with van der Waals surface area (Å²) in [6.45, 7) is 0. The van der Waals surface area contributed by atoms with E-state index in [-0.39, 0.29) is 11.6 Å². The van der Waals surface area contributed by atoms with E-state index in [0.29, 0.717) is 34.1 Å². The Labute approximate surface area is 162 Å². The van der Waals surface area contributed by atoms with Gasteiger partial charge in [0.05, 0.1) is 25.5 Å². The molecule has 0 saturated carbocycles. The Balaban J connectivity index is 1.78. The van der Waals surface area contributed by atoms with Gasteiger partial charge in [0.25, 0.3) is 5.91 Å². The first kappa shape index (κ1) is 18.7. The van der Waals surface area contributed by atoms with Gasteiger partial charge in [0.2, 0.25) is 0 Å². The molecule has 0 spiro atoms. The summed E-state index contributed by atoms with van der Waals surface area (Å²) < 4.78 is 10.4. The zero-order chi connectivity index (χ0) is 19.9. The zero-order valence-corrected chi connectivity index (χ0v) is 15.4. The van der Waals surface area contributed by atoms with Crippen molar-refractivity contribution in [1.29, 1.82) is 5.26 Å². The van der Waals surface area contributed by atoms with E-state index in [1.165, 1.54) is 13.3 Å². The van der Waals surface area contributed by atoms with Crippen LogP contribution in [0.4, 0.5) is 17.1 Å². The minimum atomic E-state index is -0.371. The third-order valence-corrected chi connectivity index (χ3v) is 3.96. The van der Waals surface area contributed by atoms with Crippen molar-refractivity contribution in [2.45, 2.75) is 0 Å². The first-order valence-corrected chi connectivity index (χ1v) is 8.40. The van der Waals surface area contributed by atoms with E-state index < -0.39 is 0 Å². The number of methoxy groups -OCH3 is 2. The summed E-state index contributed by atoms with van der Waals surface area (Å²) in [5.74, 6) is 0.710. The summed E-state index contributed by atoms with van der Waals surface area (Å²) in [5.41, 5.74) is 2.60. The number of hydrogen-bond acceptors (Lipinski definition) is 6. The topological polar surface area (TPSA) is 96.3 Å². The van der Waals surface area contributed by atoms with Crippen LogP contribution < -0.4 is 20.1 Å². The Bertz CT molecular complexity index is 1040. The zero-order valence-electron chi connectivity index (χ0n) is 15.4. The summed E-state index contributed by atoms with van der Waals surface area (Å²) in [4.78, 5) is 16.7. The Morgan fingerprint density at radius 1 is 1.00 bits per heavy atom. The number of amides is 1. The van der Waals surface area contributed by atoms with Crippen molar-refractivity contribution in [1.82, 2.24) is 4.98 Å². The largest absolute Gasteiger partial charge is 0.493 e. The van der Waals surface area contributed by atoms with Gasteiger partial charge in [0.15, 0.2) is 11.5 Å². The lowest BCUT2D eigenvalue weighted by Crippen LogP contribution is -2.14. The number of pyridine rings is 1. The van der Waals surface area contributed by atoms with E-state index in [1.54, 1.807) is 55.6 Å². The van der Waals surface area contributed by atoms with Crippen molar-refractivity contribution in [3.05, 3.63) is 72.1 Å². The van der Waals surface area contributed by atoms with Gasteiger partial charge in [-0.3, -0.25) is 9.78 Å². The van der Waals surface area contributed by atoms with Gasteiger partial charge in [-0.25, -0.2) is 0 Å². The SMILES string of the molecule is COc1ccc(NC(=O)c2cc(Nc3ccccc3C#N)ccn2)cc1OC. The van der Waals surface area contributed by atoms with Gasteiger partial charge in [-0.05, 0) is 36.4 Å². The molecule has 3 aromatic rings. The Morgan fingerprint density at radius 2 is 1.79 bits per heavy atom. The van der Waals surface area contributed by atoms with E-state index in [9.17, 15) is 10.1 Å². The molecular formula is C21H18N4O3. The Morgan fingerprint density at radius 3 is 2.54 bits per heavy atom. The monoisotopic (exact) mass is 374 g/mol. The normalized spacial score (nSPS) is 9.89. The second kappa shape index (κ2) is 8.56. The molecule has 2 aromatic carbocycles. The molecule has 140 valence electrons. The van der Waals surface area contributed by atoms with Gasteiger partial charge in [0, 0.05) is 23.6 Å². The molecule has 2 N–H and O–H groups in total. The molecule has 1 heterocycles. The quantitative estimate of drug-likeness (QED) is 0.678. The van der Waals surface area contributed by atoms with Crippen LogP contribution in [0.25, 0.3) is 0 Å². The van der Waals surface area contributed by atoms with Crippen molar-refractivity contribution in [3.8, 4) is 17.6 Å². The predicted molar refractivity (Wildman–Crippen MR) is 106 cm³/mol. The number of nitriles is 1. The highest BCUT2D eigenvalue weighted by Crippen LogP contribution is 2.30. The summed E-state index contributed by atoms with van der Waals surface area (Å²) >= 11 is 0. The van der Waals surface area contributed by atoms with Crippen LogP contribution in [-0.4, -0.2) is 25.1 Å². The number of ether oxygens (including phenoxy) is 2. The maximum atomic E-state index is 12.6. The lowest BCUT2D eigenvalue weighted by Gasteiger charge is -2.11. The van der Waals surface area contributed by atoms with Crippen LogP contribution in [0.3, 0.4) is 0 Å². The fourth-order valence-electron chi connectivity index (χ4n) is 2.59. The van der Waals surface area contributed by atoms with E-state index in [2.05, 4.69) is 21.7 Å². The second-order valence-electron chi connectivity index (χ2n) is 5.74. The molecule has 0 saturated heterocycles. The van der Waals surface area contributed by atoms with Crippen LogP contribution in [0.1, 0.15) is 16.1 Å². The first-order chi connectivity index (χ1) is 13.6. The lowest BCUT2D eigenvalue weighted by atomic mass is 10.2. The van der Waals surface area contributed by atoms with Gasteiger partial charge in [-0.15, -0.1) is 0 Å². The number of nitrogens with one attached hydrogen (secondary N) is 2. The smallest absolute Gasteiger partial charge is 0.274 e. The molecule has 1 amide bonds. The van der Waals surface area contributed by atoms with E-state index in [0.717, 1.165) is 0 Å². The van der Waals surface area contributed by atoms with Crippen LogP contribution in [0.5, 0.6) is 11.5 Å². The van der Waals surface area contributed by atoms with E-state index >= 15 is 0 Å². The number of anilines is 3. The summed E-state index contributed by atoms with van der Waals surface area (Å²) in [6, 6.07) is 17.7. The molecule has 3 rings (SSSR count). The summed E-state index contributed by atoms with van der Waals surface area (Å²) in [7, 11) is 3.07. The molecule has 7 heteroatoms. The highest BCUT2D eigenvalue weighted by molar-refractivity contribution is 6.03. The van der Waals surface area contributed by atoms with Crippen molar-refractivity contribution < 1.29 is 14.3 Å². The second-order valence-corrected chi connectivity index (χ2v) is 5.74. The molecule has 0 unspecified atom stereocenters. The maximum absolute atomic E-state index is 12.6. The Kier molecular flexibility index (Phi) is 5.72. The molecule has 28 heavy (non-hydrogen) atoms. The number of carbonyl (C=O) groups excluding carboxylic acids is 1. The molecule has 0 fully saturated rings. The average Bonchev–Trinajstić information content (AvgIpc) is 2.74. The fraction of sp³-hybridized carbons (Fsp3) is 0.0952. The number of nitrogens with zero attached hydrogens (tertiary/aromatic N) is 2. The molecule has 0 aliphatic heterocycles. The Hall–Kier alpha value is -4.05. The molecule has 0 atom stereocenters. The molecule has 0 bridgehead atoms. The highest BCUT2D eigenvalue weighted by Gasteiger charge is 2.11. The number of rotatable bonds is 6. The van der Waals surface area contributed by atoms with Crippen molar-refractivity contribution >= 4 is 23.0 Å². The maximum Gasteiger partial charge on any atom is 0.274 e. The minimum absolute atomic E-state index is 0.231. The number of hydrogen-bond donors (Lipinski definition) is 2. The van der Waals surface area contributed by atoms with Gasteiger partial charge < -0.3 is 20.1 Å². The summed E-state index contributed by atoms with van der Waals surface area (Å²) in [5, 5.41) is 15.1. The minimum Gasteiger partial charge on any atom is -0.493 e. The van der Waals surface area contributed by atoms with Crippen LogP contribution in [0.15, 0.2) is 60.8 Å². The molecule has 1 aromatic heterocycles. The van der Waals surface area contributed by atoms with Crippen LogP contribution >= 0.6 is 0 Å². The molecule has 7 nitrogen and oxygen atoms in total. The van der Waals surface area contributed by atoms with Crippen LogP contribution in [-0.2, 0) is 0 Å². The van der Waals surface area contributed by atoms with Gasteiger partial charge in [-0.1, -0.05) is 12.1 Å². The number of carbonyl (C=O) groups is 1. The van der Waals surface area contributed by atoms with Crippen molar-refractivity contribution in [2.75, 3.05) is 24.9 Å². The van der Waals surface area contributed by atoms with Crippen molar-refractivity contribution in [2.24, 2.45) is 0 Å². The molecular weight excluding hydrogens is 356 g/mol. The van der Waals surface area contributed by atoms with Crippen LogP contribution in [0.2, 0.25) is 0 Å². The predicted octanol–water partition coefficient (Wildman–Crippen LogP) is 3.97. The first-order valence-electron chi connectivity index (χ1n) is 8.40. The fourth-order valence-corrected chi connectivity index (χ4v) is 2.59. The standard InChI is InChI=1S/C21H18N4O3/c1-27-19-8-7-15(12-20(19)28-2)25-21(26)18-11-16(9-10-23-18)24-17-6-4-3-5-14(17)13-22/h3-12H,1-2H3,(H,23,24)(H,25,26). The molecule has 0 aliphatic rings. The van der Waals surface area contributed by atoms with Gasteiger partial charge >= 0.3 is 0 Å². The number of para-hydroxylation sites is 1. The third-order valence-electron chi connectivity index (χ3n) is 3.96. The van der Waals surface area contributed by atoms with Gasteiger partial charge in [-0.2, -0.15) is 5.26 Å². The van der Waals surface area contributed by atoms with E-state index in [1.807, 2.05) is 6.07 Å². The molecule has 0 aliphatic carbocycles. The number of benzene rings is 2. The van der Waals surface area contributed by atoms with Crippen LogP contribution in [0, 0.1) is 11.3 Å². The highest BCUT2D eigenvalue weighted by atomic mass is 16.5. The summed E-state index contributed by atoms with van der Waals surface area (Å²) in [6.07, 6.45) is 1.53. The number of aromatic nitrogens is 1. The molecule has 0 radical (unpaired) electrons. The lowest BCUT2D eigenvalue weighted by molar-refractivity contribution is 0.102. The third kappa shape index (κ3) is 4.19. The van der Waals surface area contributed by atoms with E-state index in [4.69, 9.17) is 9.47 Å².